The molecule has 1 saturated heterocycles. The number of nitrogens with zero attached hydrogens (tertiary/aromatic N) is 1. The number of carbonyl (C=O) groups is 2. The molecule has 0 N–H and O–H groups in total. The van der Waals surface area contributed by atoms with Crippen molar-refractivity contribution in [2.24, 2.45) is 11.3 Å². The predicted octanol–water partition coefficient (Wildman–Crippen LogP) is 5.14. The van der Waals surface area contributed by atoms with Gasteiger partial charge in [0.05, 0.1) is 24.1 Å². The molecule has 154 valence electrons. The summed E-state index contributed by atoms with van der Waals surface area (Å²) in [6, 6.07) is 21.5. The minimum Gasteiger partial charge on any atom is -0.495 e. The van der Waals surface area contributed by atoms with Crippen molar-refractivity contribution in [3.63, 3.8) is 0 Å². The van der Waals surface area contributed by atoms with E-state index in [0.717, 1.165) is 22.3 Å². The van der Waals surface area contributed by atoms with E-state index in [-0.39, 0.29) is 23.7 Å². The summed E-state index contributed by atoms with van der Waals surface area (Å²) >= 11 is 6.25. The highest BCUT2D eigenvalue weighted by molar-refractivity contribution is 6.32. The number of rotatable bonds is 2. The highest BCUT2D eigenvalue weighted by atomic mass is 35.5. The summed E-state index contributed by atoms with van der Waals surface area (Å²) in [7, 11) is 1.53. The SMILES string of the molecule is COc1ccc(Cl)cc1N1C(=O)[C@@H]2C3c4ccccc4C(c4ccccc43)[C@@]2(C)C1=O. The lowest BCUT2D eigenvalue weighted by Gasteiger charge is -2.51. The van der Waals surface area contributed by atoms with Crippen LogP contribution in [0.3, 0.4) is 0 Å². The van der Waals surface area contributed by atoms with Crippen molar-refractivity contribution in [1.82, 2.24) is 0 Å². The predicted molar refractivity (Wildman–Crippen MR) is 119 cm³/mol. The second kappa shape index (κ2) is 6.21. The Bertz CT molecular complexity index is 1240. The standard InChI is InChI=1S/C26H20ClNO3/c1-26-22-17-9-5-3-7-15(17)21(16-8-4-6-10-18(16)22)23(26)24(29)28(25(26)30)19-13-14(27)11-12-20(19)31-2/h3-13,21-23H,1-2H3/t21?,22?,23-,26+/m0/s1. The molecule has 0 saturated carbocycles. The van der Waals surface area contributed by atoms with Gasteiger partial charge in [0.2, 0.25) is 11.8 Å². The number of imide groups is 1. The zero-order valence-corrected chi connectivity index (χ0v) is 17.9. The van der Waals surface area contributed by atoms with Gasteiger partial charge in [-0.2, -0.15) is 0 Å². The minimum absolute atomic E-state index is 0.158. The first-order valence-electron chi connectivity index (χ1n) is 10.4. The molecule has 2 amide bonds. The number of ether oxygens (including phenoxy) is 1. The van der Waals surface area contributed by atoms with Gasteiger partial charge in [0, 0.05) is 16.9 Å². The molecule has 5 heteroatoms. The molecule has 3 aromatic rings. The van der Waals surface area contributed by atoms with Crippen LogP contribution in [0.1, 0.15) is 41.0 Å². The molecule has 0 radical (unpaired) electrons. The third-order valence-corrected chi connectivity index (χ3v) is 7.63. The Kier molecular flexibility index (Phi) is 3.73. The van der Waals surface area contributed by atoms with Crippen LogP contribution >= 0.6 is 11.6 Å². The Hall–Kier alpha value is -3.11. The van der Waals surface area contributed by atoms with Crippen LogP contribution in [0.5, 0.6) is 5.75 Å². The molecule has 4 nitrogen and oxygen atoms in total. The van der Waals surface area contributed by atoms with Crippen LogP contribution in [-0.2, 0) is 9.59 Å². The van der Waals surface area contributed by atoms with E-state index in [1.54, 1.807) is 18.2 Å². The van der Waals surface area contributed by atoms with Gasteiger partial charge < -0.3 is 4.74 Å². The van der Waals surface area contributed by atoms with Crippen molar-refractivity contribution >= 4 is 29.1 Å². The van der Waals surface area contributed by atoms with Gasteiger partial charge in [-0.05, 0) is 47.4 Å². The average molecular weight is 430 g/mol. The Morgan fingerprint density at radius 1 is 0.903 bits per heavy atom. The summed E-state index contributed by atoms with van der Waals surface area (Å²) in [6.45, 7) is 1.96. The molecule has 0 spiro atoms. The number of methoxy groups -OCH3 is 1. The lowest BCUT2D eigenvalue weighted by atomic mass is 9.48. The first-order chi connectivity index (χ1) is 15.0. The maximum absolute atomic E-state index is 14.1. The van der Waals surface area contributed by atoms with Crippen molar-refractivity contribution < 1.29 is 14.3 Å². The Morgan fingerprint density at radius 3 is 2.06 bits per heavy atom. The second-order valence-electron chi connectivity index (χ2n) is 8.72. The normalized spacial score (nSPS) is 27.7. The molecule has 1 fully saturated rings. The van der Waals surface area contributed by atoms with Crippen molar-refractivity contribution in [1.29, 1.82) is 0 Å². The van der Waals surface area contributed by atoms with E-state index in [0.29, 0.717) is 16.5 Å². The van der Waals surface area contributed by atoms with Crippen LogP contribution in [0, 0.1) is 11.3 Å². The zero-order valence-electron chi connectivity index (χ0n) is 17.1. The molecule has 7 rings (SSSR count). The van der Waals surface area contributed by atoms with Gasteiger partial charge >= 0.3 is 0 Å². The summed E-state index contributed by atoms with van der Waals surface area (Å²) in [4.78, 5) is 29.3. The maximum Gasteiger partial charge on any atom is 0.241 e. The van der Waals surface area contributed by atoms with E-state index >= 15 is 0 Å². The molecule has 3 aromatic carbocycles. The summed E-state index contributed by atoms with van der Waals surface area (Å²) in [5, 5.41) is 0.450. The Balaban J connectivity index is 1.62. The monoisotopic (exact) mass is 429 g/mol. The third-order valence-electron chi connectivity index (χ3n) is 7.40. The fraction of sp³-hybridized carbons (Fsp3) is 0.231. The van der Waals surface area contributed by atoms with Gasteiger partial charge in [-0.3, -0.25) is 9.59 Å². The van der Waals surface area contributed by atoms with Crippen LogP contribution in [0.25, 0.3) is 0 Å². The number of carbonyl (C=O) groups excluding carboxylic acids is 2. The zero-order chi connectivity index (χ0) is 21.5. The lowest BCUT2D eigenvalue weighted by Crippen LogP contribution is -2.49. The first kappa shape index (κ1) is 18.6. The maximum atomic E-state index is 14.1. The third kappa shape index (κ3) is 2.16. The molecule has 31 heavy (non-hydrogen) atoms. The van der Waals surface area contributed by atoms with Gasteiger partial charge in [-0.1, -0.05) is 60.1 Å². The van der Waals surface area contributed by atoms with Gasteiger partial charge in [0.25, 0.3) is 0 Å². The van der Waals surface area contributed by atoms with Gasteiger partial charge in [0.15, 0.2) is 0 Å². The van der Waals surface area contributed by atoms with Crippen molar-refractivity contribution in [2.75, 3.05) is 12.0 Å². The fourth-order valence-electron chi connectivity index (χ4n) is 6.18. The van der Waals surface area contributed by atoms with Gasteiger partial charge in [0.1, 0.15) is 5.75 Å². The molecule has 4 aliphatic rings. The van der Waals surface area contributed by atoms with E-state index in [9.17, 15) is 9.59 Å². The molecule has 3 aliphatic carbocycles. The van der Waals surface area contributed by atoms with E-state index < -0.39 is 11.3 Å². The quantitative estimate of drug-likeness (QED) is 0.530. The average Bonchev–Trinajstić information content (AvgIpc) is 2.99. The Labute approximate surface area is 185 Å². The minimum atomic E-state index is -0.877. The molecule has 1 heterocycles. The summed E-state index contributed by atoms with van der Waals surface area (Å²) in [5.41, 5.74) is 4.12. The van der Waals surface area contributed by atoms with E-state index in [1.807, 2.05) is 31.2 Å². The van der Waals surface area contributed by atoms with Crippen LogP contribution in [-0.4, -0.2) is 18.9 Å². The van der Waals surface area contributed by atoms with Crippen molar-refractivity contribution in [3.05, 3.63) is 94.0 Å². The van der Waals surface area contributed by atoms with Crippen LogP contribution in [0.15, 0.2) is 66.7 Å². The number of hydrogen-bond donors (Lipinski definition) is 0. The molecule has 2 bridgehead atoms. The molecular formula is C26H20ClNO3. The van der Waals surface area contributed by atoms with E-state index in [4.69, 9.17) is 16.3 Å². The number of amides is 2. The van der Waals surface area contributed by atoms with E-state index in [1.165, 1.54) is 12.0 Å². The van der Waals surface area contributed by atoms with Gasteiger partial charge in [-0.25, -0.2) is 4.90 Å². The van der Waals surface area contributed by atoms with Gasteiger partial charge in [-0.15, -0.1) is 0 Å². The molecular weight excluding hydrogens is 410 g/mol. The van der Waals surface area contributed by atoms with Crippen LogP contribution in [0.2, 0.25) is 5.02 Å². The lowest BCUT2D eigenvalue weighted by molar-refractivity contribution is -0.128. The number of anilines is 1. The highest BCUT2D eigenvalue weighted by Gasteiger charge is 2.69. The highest BCUT2D eigenvalue weighted by Crippen LogP contribution is 2.67. The number of benzene rings is 3. The van der Waals surface area contributed by atoms with Crippen molar-refractivity contribution in [2.45, 2.75) is 18.8 Å². The summed E-state index contributed by atoms with van der Waals surface area (Å²) < 4.78 is 5.48. The molecule has 1 aliphatic heterocycles. The fourth-order valence-corrected chi connectivity index (χ4v) is 6.35. The Morgan fingerprint density at radius 2 is 1.48 bits per heavy atom. The smallest absolute Gasteiger partial charge is 0.241 e. The van der Waals surface area contributed by atoms with Crippen LogP contribution < -0.4 is 9.64 Å². The van der Waals surface area contributed by atoms with E-state index in [2.05, 4.69) is 24.3 Å². The summed E-state index contributed by atoms with van der Waals surface area (Å²) in [6.07, 6.45) is 0. The first-order valence-corrected chi connectivity index (χ1v) is 10.8. The summed E-state index contributed by atoms with van der Waals surface area (Å²) in [5.74, 6) is -0.737. The van der Waals surface area contributed by atoms with Crippen LogP contribution in [0.4, 0.5) is 5.69 Å². The van der Waals surface area contributed by atoms with Crippen molar-refractivity contribution in [3.8, 4) is 5.75 Å². The number of hydrogen-bond acceptors (Lipinski definition) is 3. The number of halogens is 1. The largest absolute Gasteiger partial charge is 0.495 e. The topological polar surface area (TPSA) is 46.6 Å². The molecule has 2 atom stereocenters. The second-order valence-corrected chi connectivity index (χ2v) is 9.16. The molecule has 0 unspecified atom stereocenters. The molecule has 0 aromatic heterocycles.